The lowest BCUT2D eigenvalue weighted by atomic mass is 9.95. The molecule has 2 radical (unpaired) electrons. The van der Waals surface area contributed by atoms with Crippen LogP contribution in [-0.2, 0) is 0 Å². The molecule has 0 amide bonds. The molecule has 0 saturated heterocycles. The van der Waals surface area contributed by atoms with Crippen LogP contribution in [0.3, 0.4) is 0 Å². The summed E-state index contributed by atoms with van der Waals surface area (Å²) in [6.07, 6.45) is 0. The lowest BCUT2D eigenvalue weighted by molar-refractivity contribution is 0.343. The second-order valence-corrected chi connectivity index (χ2v) is 2.55. The van der Waals surface area contributed by atoms with Gasteiger partial charge in [-0.15, -0.1) is 0 Å². The summed E-state index contributed by atoms with van der Waals surface area (Å²) >= 11 is 5.68. The Morgan fingerprint density at radius 3 is 2.82 bits per heavy atom. The van der Waals surface area contributed by atoms with Gasteiger partial charge in [0.05, 0.1) is 6.61 Å². The molecule has 0 N–H and O–H groups in total. The first-order valence-electron chi connectivity index (χ1n) is 3.42. The molecule has 11 heavy (non-hydrogen) atoms. The van der Waals surface area contributed by atoms with E-state index in [9.17, 15) is 0 Å². The Morgan fingerprint density at radius 1 is 1.55 bits per heavy atom. The molecule has 1 aromatic rings. The summed E-state index contributed by atoms with van der Waals surface area (Å²) in [6.45, 7) is 2.53. The molecule has 0 aromatic heterocycles. The summed E-state index contributed by atoms with van der Waals surface area (Å²) in [5, 5.41) is 0.631. The zero-order valence-electron chi connectivity index (χ0n) is 6.30. The summed E-state index contributed by atoms with van der Waals surface area (Å²) in [5.41, 5.74) is 0.583. The smallest absolute Gasteiger partial charge is 0.119 e. The minimum absolute atomic E-state index is 0.583. The SMILES string of the molecule is [B]c1cc(Cl)ccc1OCC. The van der Waals surface area contributed by atoms with Crippen LogP contribution in [0.2, 0.25) is 5.02 Å². The topological polar surface area (TPSA) is 9.23 Å². The van der Waals surface area contributed by atoms with Gasteiger partial charge in [-0.1, -0.05) is 17.1 Å². The van der Waals surface area contributed by atoms with Crippen molar-refractivity contribution >= 4 is 24.9 Å². The van der Waals surface area contributed by atoms with Crippen molar-refractivity contribution in [3.8, 4) is 5.75 Å². The summed E-state index contributed by atoms with van der Waals surface area (Å²) in [6, 6.07) is 5.19. The Kier molecular flexibility index (Phi) is 2.83. The zero-order valence-corrected chi connectivity index (χ0v) is 7.06. The van der Waals surface area contributed by atoms with Crippen molar-refractivity contribution in [1.82, 2.24) is 0 Å². The van der Waals surface area contributed by atoms with Crippen LogP contribution >= 0.6 is 11.6 Å². The standard InChI is InChI=1S/C8H8BClO/c1-2-11-8-4-3-6(10)5-7(8)9/h3-5H,2H2,1H3. The van der Waals surface area contributed by atoms with Crippen LogP contribution in [0.1, 0.15) is 6.92 Å². The minimum atomic E-state index is 0.583. The van der Waals surface area contributed by atoms with Gasteiger partial charge < -0.3 is 4.74 Å². The predicted molar refractivity (Wildman–Crippen MR) is 48.0 cm³/mol. The molecule has 56 valence electrons. The molecule has 0 fully saturated rings. The molecule has 1 rings (SSSR count). The average Bonchev–Trinajstić information content (AvgIpc) is 1.95. The van der Waals surface area contributed by atoms with Gasteiger partial charge in [0.2, 0.25) is 0 Å². The molecule has 1 aromatic carbocycles. The Labute approximate surface area is 72.7 Å². The Hall–Kier alpha value is -0.625. The third kappa shape index (κ3) is 2.16. The van der Waals surface area contributed by atoms with Crippen LogP contribution in [-0.4, -0.2) is 14.5 Å². The highest BCUT2D eigenvalue weighted by atomic mass is 35.5. The van der Waals surface area contributed by atoms with E-state index in [1.165, 1.54) is 0 Å². The maximum absolute atomic E-state index is 5.68. The van der Waals surface area contributed by atoms with Crippen molar-refractivity contribution in [3.05, 3.63) is 23.2 Å². The fraction of sp³-hybridized carbons (Fsp3) is 0.250. The quantitative estimate of drug-likeness (QED) is 0.606. The zero-order chi connectivity index (χ0) is 8.27. The Bertz CT molecular complexity index is 250. The van der Waals surface area contributed by atoms with E-state index in [0.717, 1.165) is 0 Å². The third-order valence-electron chi connectivity index (χ3n) is 1.27. The monoisotopic (exact) mass is 166 g/mol. The van der Waals surface area contributed by atoms with E-state index < -0.39 is 0 Å². The van der Waals surface area contributed by atoms with Gasteiger partial charge in [-0.05, 0) is 25.1 Å². The van der Waals surface area contributed by atoms with E-state index in [1.807, 2.05) is 6.92 Å². The number of rotatable bonds is 2. The molecule has 0 saturated carbocycles. The number of hydrogen-bond acceptors (Lipinski definition) is 1. The average molecular weight is 166 g/mol. The highest BCUT2D eigenvalue weighted by molar-refractivity contribution is 6.37. The van der Waals surface area contributed by atoms with Crippen molar-refractivity contribution in [2.24, 2.45) is 0 Å². The number of ether oxygens (including phenoxy) is 1. The molecular formula is C8H8BClO. The molecule has 0 aliphatic rings. The van der Waals surface area contributed by atoms with Gasteiger partial charge in [0.25, 0.3) is 0 Å². The number of benzene rings is 1. The van der Waals surface area contributed by atoms with Crippen LogP contribution in [0, 0.1) is 0 Å². The largest absolute Gasteiger partial charge is 0.495 e. The van der Waals surface area contributed by atoms with Gasteiger partial charge in [0, 0.05) is 5.02 Å². The van der Waals surface area contributed by atoms with E-state index in [1.54, 1.807) is 18.2 Å². The van der Waals surface area contributed by atoms with Crippen LogP contribution in [0.15, 0.2) is 18.2 Å². The molecule has 0 unspecified atom stereocenters. The van der Waals surface area contributed by atoms with Crippen LogP contribution < -0.4 is 10.2 Å². The Morgan fingerprint density at radius 2 is 2.27 bits per heavy atom. The van der Waals surface area contributed by atoms with Crippen LogP contribution in [0.25, 0.3) is 0 Å². The van der Waals surface area contributed by atoms with Gasteiger partial charge in [0.15, 0.2) is 0 Å². The first kappa shape index (κ1) is 8.47. The van der Waals surface area contributed by atoms with E-state index in [2.05, 4.69) is 0 Å². The molecule has 0 spiro atoms. The van der Waals surface area contributed by atoms with Gasteiger partial charge in [-0.25, -0.2) is 0 Å². The van der Waals surface area contributed by atoms with Gasteiger partial charge >= 0.3 is 0 Å². The minimum Gasteiger partial charge on any atom is -0.495 e. The summed E-state index contributed by atoms with van der Waals surface area (Å²) in [5.74, 6) is 0.692. The second kappa shape index (κ2) is 3.68. The molecule has 0 heterocycles. The fourth-order valence-corrected chi connectivity index (χ4v) is 0.987. The summed E-state index contributed by atoms with van der Waals surface area (Å²) in [4.78, 5) is 0. The maximum Gasteiger partial charge on any atom is 0.119 e. The maximum atomic E-state index is 5.68. The van der Waals surface area contributed by atoms with Crippen molar-refractivity contribution in [3.63, 3.8) is 0 Å². The first-order valence-corrected chi connectivity index (χ1v) is 3.79. The lowest BCUT2D eigenvalue weighted by Gasteiger charge is -2.06. The first-order chi connectivity index (χ1) is 5.24. The molecule has 0 aliphatic carbocycles. The van der Waals surface area contributed by atoms with Crippen molar-refractivity contribution in [1.29, 1.82) is 0 Å². The van der Waals surface area contributed by atoms with E-state index in [-0.39, 0.29) is 0 Å². The number of halogens is 1. The summed E-state index contributed by atoms with van der Waals surface area (Å²) < 4.78 is 5.21. The van der Waals surface area contributed by atoms with E-state index in [0.29, 0.717) is 22.8 Å². The Balaban J connectivity index is 2.90. The van der Waals surface area contributed by atoms with Gasteiger partial charge in [0.1, 0.15) is 13.6 Å². The van der Waals surface area contributed by atoms with Crippen molar-refractivity contribution in [2.45, 2.75) is 6.92 Å². The molecule has 3 heteroatoms. The fourth-order valence-electron chi connectivity index (χ4n) is 0.806. The van der Waals surface area contributed by atoms with Crippen molar-refractivity contribution < 1.29 is 4.74 Å². The van der Waals surface area contributed by atoms with Crippen LogP contribution in [0.4, 0.5) is 0 Å². The predicted octanol–water partition coefficient (Wildman–Crippen LogP) is 1.53. The third-order valence-corrected chi connectivity index (χ3v) is 1.51. The van der Waals surface area contributed by atoms with E-state index >= 15 is 0 Å². The van der Waals surface area contributed by atoms with Crippen molar-refractivity contribution in [2.75, 3.05) is 6.61 Å². The summed E-state index contributed by atoms with van der Waals surface area (Å²) in [7, 11) is 5.60. The lowest BCUT2D eigenvalue weighted by Crippen LogP contribution is -2.08. The number of hydrogen-bond donors (Lipinski definition) is 0. The molecule has 0 aliphatic heterocycles. The molecule has 0 atom stereocenters. The molecule has 0 bridgehead atoms. The highest BCUT2D eigenvalue weighted by Crippen LogP contribution is 2.12. The molecule has 1 nitrogen and oxygen atoms in total. The van der Waals surface area contributed by atoms with Gasteiger partial charge in [-0.2, -0.15) is 0 Å². The van der Waals surface area contributed by atoms with Crippen LogP contribution in [0.5, 0.6) is 5.75 Å². The molecular weight excluding hydrogens is 158 g/mol. The van der Waals surface area contributed by atoms with Gasteiger partial charge in [-0.3, -0.25) is 0 Å². The highest BCUT2D eigenvalue weighted by Gasteiger charge is 1.96. The normalized spacial score (nSPS) is 9.64. The second-order valence-electron chi connectivity index (χ2n) is 2.12. The van der Waals surface area contributed by atoms with E-state index in [4.69, 9.17) is 24.2 Å².